The van der Waals surface area contributed by atoms with Crippen molar-refractivity contribution in [3.8, 4) is 5.75 Å². The summed E-state index contributed by atoms with van der Waals surface area (Å²) in [5.41, 5.74) is 0.478. The Morgan fingerprint density at radius 3 is 2.69 bits per heavy atom. The fraction of sp³-hybridized carbons (Fsp3) is 0.542. The fourth-order valence-electron chi connectivity index (χ4n) is 7.11. The van der Waals surface area contributed by atoms with E-state index in [9.17, 15) is 14.7 Å². The number of halogens is 1. The highest BCUT2D eigenvalue weighted by molar-refractivity contribution is 6.32. The van der Waals surface area contributed by atoms with E-state index in [1.165, 1.54) is 0 Å². The Morgan fingerprint density at radius 2 is 2.00 bits per heavy atom. The van der Waals surface area contributed by atoms with E-state index in [-0.39, 0.29) is 22.4 Å². The number of aliphatic carboxylic acids is 1. The molecule has 4 aliphatic rings. The van der Waals surface area contributed by atoms with Crippen LogP contribution in [0.4, 0.5) is 5.69 Å². The second-order valence-electron chi connectivity index (χ2n) is 10.0. The van der Waals surface area contributed by atoms with Crippen LogP contribution in [-0.4, -0.2) is 28.0 Å². The van der Waals surface area contributed by atoms with E-state index >= 15 is 0 Å². The van der Waals surface area contributed by atoms with Crippen LogP contribution in [-0.2, 0) is 16.9 Å². The van der Waals surface area contributed by atoms with Gasteiger partial charge >= 0.3 is 5.97 Å². The van der Waals surface area contributed by atoms with Crippen molar-refractivity contribution in [1.82, 2.24) is 9.78 Å². The average Bonchev–Trinajstić information content (AvgIpc) is 2.73. The highest BCUT2D eigenvalue weighted by Gasteiger charge is 2.59. The van der Waals surface area contributed by atoms with Gasteiger partial charge in [0.05, 0.1) is 31.0 Å². The number of rotatable bonds is 7. The van der Waals surface area contributed by atoms with Crippen LogP contribution < -0.4 is 15.6 Å². The number of methoxy groups -OCH3 is 1. The summed E-state index contributed by atoms with van der Waals surface area (Å²) in [5, 5.41) is 17.4. The van der Waals surface area contributed by atoms with Gasteiger partial charge in [0.2, 0.25) is 0 Å². The Kier molecular flexibility index (Phi) is 5.19. The van der Waals surface area contributed by atoms with Gasteiger partial charge in [0.1, 0.15) is 10.8 Å². The van der Waals surface area contributed by atoms with Gasteiger partial charge in [0, 0.05) is 12.1 Å². The van der Waals surface area contributed by atoms with Crippen molar-refractivity contribution < 1.29 is 14.6 Å². The van der Waals surface area contributed by atoms with Crippen molar-refractivity contribution in [3.63, 3.8) is 0 Å². The zero-order chi connectivity index (χ0) is 22.5. The number of benzene rings is 1. The van der Waals surface area contributed by atoms with Gasteiger partial charge in [-0.15, -0.1) is 0 Å². The molecular formula is C24H28ClN3O4. The highest BCUT2D eigenvalue weighted by Crippen LogP contribution is 2.65. The molecule has 0 aliphatic heterocycles. The van der Waals surface area contributed by atoms with E-state index in [2.05, 4.69) is 10.4 Å². The van der Waals surface area contributed by atoms with E-state index in [0.29, 0.717) is 30.5 Å². The van der Waals surface area contributed by atoms with Crippen LogP contribution in [0.1, 0.15) is 50.5 Å². The molecule has 32 heavy (non-hydrogen) atoms. The molecule has 0 radical (unpaired) electrons. The first-order valence-corrected chi connectivity index (χ1v) is 11.6. The molecule has 1 aromatic carbocycles. The number of para-hydroxylation sites is 1. The normalized spacial score (nSPS) is 30.3. The number of carboxylic acid groups (broad SMARTS) is 1. The van der Waals surface area contributed by atoms with Crippen molar-refractivity contribution in [1.29, 1.82) is 0 Å². The molecule has 2 unspecified atom stereocenters. The molecule has 7 nitrogen and oxygen atoms in total. The maximum atomic E-state index is 13.4. The molecule has 0 amide bonds. The number of anilines is 1. The summed E-state index contributed by atoms with van der Waals surface area (Å²) in [6.45, 7) is 0.450. The molecule has 0 saturated heterocycles. The Bertz CT molecular complexity index is 1100. The molecule has 2 aromatic rings. The first kappa shape index (κ1) is 21.3. The summed E-state index contributed by atoms with van der Waals surface area (Å²) in [7, 11) is 1.62. The Morgan fingerprint density at radius 1 is 1.28 bits per heavy atom. The molecule has 4 bridgehead atoms. The molecule has 1 aromatic heterocycles. The van der Waals surface area contributed by atoms with Crippen molar-refractivity contribution in [3.05, 3.63) is 51.4 Å². The third-order valence-electron chi connectivity index (χ3n) is 7.71. The number of hydrogen-bond donors (Lipinski definition) is 2. The Hall–Kier alpha value is -2.54. The maximum absolute atomic E-state index is 13.4. The molecular weight excluding hydrogens is 430 g/mol. The van der Waals surface area contributed by atoms with Gasteiger partial charge in [0.25, 0.3) is 5.56 Å². The number of hydrogen-bond acceptors (Lipinski definition) is 5. The molecule has 1 heterocycles. The van der Waals surface area contributed by atoms with Crippen LogP contribution in [0.2, 0.25) is 5.02 Å². The molecule has 4 saturated carbocycles. The van der Waals surface area contributed by atoms with Crippen LogP contribution in [0.5, 0.6) is 5.75 Å². The topological polar surface area (TPSA) is 93.4 Å². The predicted octanol–water partition coefficient (Wildman–Crippen LogP) is 4.29. The number of ether oxygens (including phenoxy) is 1. The first-order chi connectivity index (χ1) is 15.3. The van der Waals surface area contributed by atoms with E-state index in [0.717, 1.165) is 43.4 Å². The SMILES string of the molecule is COc1ccccc1CNc1cnn(C23CC4CC(CC(CC(=O)O)(C4)C2)C3)c(=O)c1Cl. The van der Waals surface area contributed by atoms with Gasteiger partial charge in [-0.3, -0.25) is 9.59 Å². The minimum Gasteiger partial charge on any atom is -0.496 e. The smallest absolute Gasteiger partial charge is 0.303 e. The first-order valence-electron chi connectivity index (χ1n) is 11.2. The molecule has 4 aliphatic carbocycles. The minimum absolute atomic E-state index is 0.123. The summed E-state index contributed by atoms with van der Waals surface area (Å²) in [4.78, 5) is 25.0. The van der Waals surface area contributed by atoms with E-state index in [1.54, 1.807) is 18.0 Å². The second-order valence-corrected chi connectivity index (χ2v) is 10.4. The van der Waals surface area contributed by atoms with Crippen LogP contribution in [0.3, 0.4) is 0 Å². The Labute approximate surface area is 191 Å². The molecule has 170 valence electrons. The summed E-state index contributed by atoms with van der Waals surface area (Å²) in [6.07, 6.45) is 7.26. The van der Waals surface area contributed by atoms with Gasteiger partial charge < -0.3 is 15.2 Å². The predicted molar refractivity (Wildman–Crippen MR) is 121 cm³/mol. The van der Waals surface area contributed by atoms with E-state index in [1.807, 2.05) is 24.3 Å². The van der Waals surface area contributed by atoms with Crippen molar-refractivity contribution in [2.45, 2.75) is 57.0 Å². The second kappa shape index (κ2) is 7.80. The highest BCUT2D eigenvalue weighted by atomic mass is 35.5. The third kappa shape index (κ3) is 3.56. The molecule has 6 rings (SSSR count). The van der Waals surface area contributed by atoms with Crippen molar-refractivity contribution >= 4 is 23.3 Å². The Balaban J connectivity index is 1.43. The van der Waals surface area contributed by atoms with Crippen molar-refractivity contribution in [2.75, 3.05) is 12.4 Å². The number of aromatic nitrogens is 2. The largest absolute Gasteiger partial charge is 0.496 e. The van der Waals surface area contributed by atoms with Gasteiger partial charge in [-0.05, 0) is 61.8 Å². The van der Waals surface area contributed by atoms with Crippen LogP contribution >= 0.6 is 11.6 Å². The fourth-order valence-corrected chi connectivity index (χ4v) is 7.31. The zero-order valence-corrected chi connectivity index (χ0v) is 18.9. The summed E-state index contributed by atoms with van der Waals surface area (Å²) >= 11 is 6.54. The van der Waals surface area contributed by atoms with Crippen LogP contribution in [0, 0.1) is 17.3 Å². The standard InChI is InChI=1S/C24H28ClN3O4/c1-32-19-5-3-2-4-17(19)12-26-18-13-27-28(22(31)21(18)25)24-9-15-6-16(10-24)8-23(7-15,14-24)11-20(29)30/h2-5,13,15-16,26H,6-12,14H2,1H3,(H,29,30). The monoisotopic (exact) mass is 457 g/mol. The van der Waals surface area contributed by atoms with Crippen LogP contribution in [0.25, 0.3) is 0 Å². The lowest BCUT2D eigenvalue weighted by molar-refractivity contribution is -0.151. The number of carboxylic acids is 1. The van der Waals surface area contributed by atoms with Gasteiger partial charge in [0.15, 0.2) is 0 Å². The minimum atomic E-state index is -0.753. The van der Waals surface area contributed by atoms with Gasteiger partial charge in [-0.2, -0.15) is 5.10 Å². The lowest BCUT2D eigenvalue weighted by Crippen LogP contribution is -2.59. The molecule has 2 N–H and O–H groups in total. The quantitative estimate of drug-likeness (QED) is 0.644. The van der Waals surface area contributed by atoms with E-state index < -0.39 is 11.5 Å². The lowest BCUT2D eigenvalue weighted by Gasteiger charge is -2.61. The molecule has 8 heteroatoms. The molecule has 2 atom stereocenters. The van der Waals surface area contributed by atoms with Gasteiger partial charge in [-0.1, -0.05) is 29.8 Å². The van der Waals surface area contributed by atoms with Crippen molar-refractivity contribution in [2.24, 2.45) is 17.3 Å². The maximum Gasteiger partial charge on any atom is 0.303 e. The average molecular weight is 458 g/mol. The third-order valence-corrected chi connectivity index (χ3v) is 8.07. The number of carbonyl (C=O) groups is 1. The lowest BCUT2D eigenvalue weighted by atomic mass is 9.46. The number of nitrogens with one attached hydrogen (secondary N) is 1. The van der Waals surface area contributed by atoms with Gasteiger partial charge in [-0.25, -0.2) is 4.68 Å². The zero-order valence-electron chi connectivity index (χ0n) is 18.1. The number of nitrogens with zero attached hydrogens (tertiary/aromatic N) is 2. The molecule has 4 fully saturated rings. The van der Waals surface area contributed by atoms with Crippen LogP contribution in [0.15, 0.2) is 35.3 Å². The summed E-state index contributed by atoms with van der Waals surface area (Å²) in [5.74, 6) is 0.906. The summed E-state index contributed by atoms with van der Waals surface area (Å²) < 4.78 is 6.97. The molecule has 0 spiro atoms. The summed E-state index contributed by atoms with van der Waals surface area (Å²) in [6, 6.07) is 7.67. The van der Waals surface area contributed by atoms with E-state index in [4.69, 9.17) is 16.3 Å².